The first-order valence-electron chi connectivity index (χ1n) is 6.17. The number of nitrogens with zero attached hydrogens (tertiary/aromatic N) is 3. The third-order valence-electron chi connectivity index (χ3n) is 2.82. The zero-order valence-corrected chi connectivity index (χ0v) is 12.3. The van der Waals surface area contributed by atoms with Gasteiger partial charge in [0.15, 0.2) is 17.3 Å². The minimum atomic E-state index is -1.09. The summed E-state index contributed by atoms with van der Waals surface area (Å²) in [6.45, 7) is 2.76. The summed E-state index contributed by atoms with van der Waals surface area (Å²) in [5.74, 6) is 0.0719. The summed E-state index contributed by atoms with van der Waals surface area (Å²) in [6.07, 6.45) is 1.44. The monoisotopic (exact) mass is 311 g/mol. The van der Waals surface area contributed by atoms with Crippen LogP contribution in [0.4, 0.5) is 0 Å². The van der Waals surface area contributed by atoms with Crippen LogP contribution in [-0.4, -0.2) is 33.0 Å². The Morgan fingerprint density at radius 1 is 1.48 bits per heavy atom. The second-order valence-corrected chi connectivity index (χ2v) is 4.48. The van der Waals surface area contributed by atoms with Gasteiger partial charge >= 0.3 is 5.97 Å². The van der Waals surface area contributed by atoms with Crippen LogP contribution in [0.1, 0.15) is 23.1 Å². The Hall–Kier alpha value is -2.28. The molecule has 0 radical (unpaired) electrons. The molecule has 7 nitrogen and oxygen atoms in total. The number of hydrogen-bond acceptors (Lipinski definition) is 5. The van der Waals surface area contributed by atoms with Gasteiger partial charge in [0.05, 0.1) is 17.7 Å². The molecular weight excluding hydrogens is 298 g/mol. The van der Waals surface area contributed by atoms with Crippen molar-refractivity contribution in [3.05, 3.63) is 34.9 Å². The summed E-state index contributed by atoms with van der Waals surface area (Å²) >= 11 is 6.06. The second-order valence-electron chi connectivity index (χ2n) is 4.08. The van der Waals surface area contributed by atoms with Crippen LogP contribution in [0.2, 0.25) is 5.02 Å². The topological polar surface area (TPSA) is 86.5 Å². The average molecular weight is 312 g/mol. The van der Waals surface area contributed by atoms with Crippen LogP contribution in [-0.2, 0) is 13.2 Å². The van der Waals surface area contributed by atoms with E-state index in [1.54, 1.807) is 4.68 Å². The standard InChI is InChI=1S/C13H14ClN3O4/c1-3-17-11(15-7-16-17)6-21-12-9(14)4-8(13(18)19)5-10(12)20-2/h4-5,7H,3,6H2,1-2H3,(H,18,19). The molecule has 0 aliphatic heterocycles. The number of halogens is 1. The van der Waals surface area contributed by atoms with E-state index in [0.717, 1.165) is 0 Å². The predicted molar refractivity (Wildman–Crippen MR) is 75.0 cm³/mol. The number of benzene rings is 1. The quantitative estimate of drug-likeness (QED) is 0.880. The molecule has 0 amide bonds. The van der Waals surface area contributed by atoms with Crippen molar-refractivity contribution in [2.24, 2.45) is 0 Å². The van der Waals surface area contributed by atoms with Crippen molar-refractivity contribution >= 4 is 17.6 Å². The first-order chi connectivity index (χ1) is 10.1. The van der Waals surface area contributed by atoms with Crippen molar-refractivity contribution in [3.63, 3.8) is 0 Å². The maximum atomic E-state index is 11.0. The fraction of sp³-hybridized carbons (Fsp3) is 0.308. The number of aromatic nitrogens is 3. The number of rotatable bonds is 6. The third-order valence-corrected chi connectivity index (χ3v) is 3.10. The second kappa shape index (κ2) is 6.45. The van der Waals surface area contributed by atoms with E-state index < -0.39 is 5.97 Å². The molecule has 0 saturated carbocycles. The molecule has 0 bridgehead atoms. The lowest BCUT2D eigenvalue weighted by Gasteiger charge is -2.13. The maximum absolute atomic E-state index is 11.0. The molecule has 2 aromatic rings. The molecule has 1 aromatic heterocycles. The van der Waals surface area contributed by atoms with Gasteiger partial charge in [-0.25, -0.2) is 14.5 Å². The van der Waals surface area contributed by atoms with Gasteiger partial charge in [0.2, 0.25) is 0 Å². The molecule has 1 N–H and O–H groups in total. The highest BCUT2D eigenvalue weighted by molar-refractivity contribution is 6.32. The van der Waals surface area contributed by atoms with E-state index in [9.17, 15) is 4.79 Å². The zero-order chi connectivity index (χ0) is 15.4. The Bertz CT molecular complexity index is 657. The Kier molecular flexibility index (Phi) is 4.64. The summed E-state index contributed by atoms with van der Waals surface area (Å²) in [5, 5.41) is 13.2. The van der Waals surface area contributed by atoms with Crippen LogP contribution in [0.3, 0.4) is 0 Å². The van der Waals surface area contributed by atoms with Crippen LogP contribution in [0.15, 0.2) is 18.5 Å². The Morgan fingerprint density at radius 3 is 2.86 bits per heavy atom. The maximum Gasteiger partial charge on any atom is 0.335 e. The number of methoxy groups -OCH3 is 1. The van der Waals surface area contributed by atoms with E-state index in [4.69, 9.17) is 26.2 Å². The highest BCUT2D eigenvalue weighted by atomic mass is 35.5. The zero-order valence-electron chi connectivity index (χ0n) is 11.5. The van der Waals surface area contributed by atoms with E-state index in [1.165, 1.54) is 25.6 Å². The fourth-order valence-electron chi connectivity index (χ4n) is 1.78. The van der Waals surface area contributed by atoms with E-state index in [0.29, 0.717) is 12.4 Å². The van der Waals surface area contributed by atoms with Gasteiger partial charge in [-0.1, -0.05) is 11.6 Å². The van der Waals surface area contributed by atoms with Crippen LogP contribution in [0.25, 0.3) is 0 Å². The van der Waals surface area contributed by atoms with Gasteiger partial charge in [0.25, 0.3) is 0 Å². The SMILES string of the molecule is CCn1ncnc1COc1c(Cl)cc(C(=O)O)cc1OC. The smallest absolute Gasteiger partial charge is 0.335 e. The molecule has 0 aliphatic carbocycles. The number of carbonyl (C=O) groups is 1. The number of carboxylic acids is 1. The number of carboxylic acid groups (broad SMARTS) is 1. The summed E-state index contributed by atoms with van der Waals surface area (Å²) < 4.78 is 12.4. The lowest BCUT2D eigenvalue weighted by atomic mass is 10.2. The summed E-state index contributed by atoms with van der Waals surface area (Å²) in [5.41, 5.74) is 0.0286. The van der Waals surface area contributed by atoms with Gasteiger partial charge in [-0.3, -0.25) is 0 Å². The molecule has 0 fully saturated rings. The van der Waals surface area contributed by atoms with Crippen LogP contribution >= 0.6 is 11.6 Å². The Balaban J connectivity index is 2.25. The van der Waals surface area contributed by atoms with Gasteiger partial charge in [0, 0.05) is 6.54 Å². The number of hydrogen-bond donors (Lipinski definition) is 1. The number of aromatic carboxylic acids is 1. The van der Waals surface area contributed by atoms with E-state index in [1.807, 2.05) is 6.92 Å². The van der Waals surface area contributed by atoms with E-state index in [2.05, 4.69) is 10.1 Å². The molecule has 112 valence electrons. The highest BCUT2D eigenvalue weighted by Crippen LogP contribution is 2.36. The Morgan fingerprint density at radius 2 is 2.24 bits per heavy atom. The Labute approximate surface area is 126 Å². The average Bonchev–Trinajstić information content (AvgIpc) is 2.92. The van der Waals surface area contributed by atoms with Gasteiger partial charge in [-0.15, -0.1) is 0 Å². The molecule has 0 saturated heterocycles. The molecule has 1 aromatic carbocycles. The first kappa shape index (κ1) is 15.1. The van der Waals surface area contributed by atoms with Crippen LogP contribution < -0.4 is 9.47 Å². The number of aryl methyl sites for hydroxylation is 1. The summed E-state index contributed by atoms with van der Waals surface area (Å²) in [7, 11) is 1.42. The minimum Gasteiger partial charge on any atom is -0.493 e. The normalized spacial score (nSPS) is 10.4. The molecular formula is C13H14ClN3O4. The van der Waals surface area contributed by atoms with Gasteiger partial charge < -0.3 is 14.6 Å². The van der Waals surface area contributed by atoms with Crippen molar-refractivity contribution in [1.82, 2.24) is 14.8 Å². The molecule has 8 heteroatoms. The third kappa shape index (κ3) is 3.25. The van der Waals surface area contributed by atoms with E-state index in [-0.39, 0.29) is 28.7 Å². The summed E-state index contributed by atoms with van der Waals surface area (Å²) in [4.78, 5) is 15.1. The lowest BCUT2D eigenvalue weighted by Crippen LogP contribution is -2.08. The molecule has 0 aliphatic rings. The van der Waals surface area contributed by atoms with Gasteiger partial charge in [-0.05, 0) is 19.1 Å². The number of ether oxygens (including phenoxy) is 2. The largest absolute Gasteiger partial charge is 0.493 e. The van der Waals surface area contributed by atoms with Gasteiger partial charge in [-0.2, -0.15) is 5.10 Å². The molecule has 21 heavy (non-hydrogen) atoms. The molecule has 0 atom stereocenters. The van der Waals surface area contributed by atoms with Crippen molar-refractivity contribution < 1.29 is 19.4 Å². The van der Waals surface area contributed by atoms with E-state index >= 15 is 0 Å². The minimum absolute atomic E-state index is 0.0286. The van der Waals surface area contributed by atoms with Crippen molar-refractivity contribution in [1.29, 1.82) is 0 Å². The first-order valence-corrected chi connectivity index (χ1v) is 6.55. The van der Waals surface area contributed by atoms with Crippen LogP contribution in [0, 0.1) is 0 Å². The molecule has 2 rings (SSSR count). The van der Waals surface area contributed by atoms with Gasteiger partial charge in [0.1, 0.15) is 12.9 Å². The summed E-state index contributed by atoms with van der Waals surface area (Å²) in [6, 6.07) is 2.67. The lowest BCUT2D eigenvalue weighted by molar-refractivity contribution is 0.0696. The molecule has 0 unspecified atom stereocenters. The molecule has 0 spiro atoms. The van der Waals surface area contributed by atoms with Crippen LogP contribution in [0.5, 0.6) is 11.5 Å². The predicted octanol–water partition coefficient (Wildman–Crippen LogP) is 2.24. The van der Waals surface area contributed by atoms with Crippen molar-refractivity contribution in [2.75, 3.05) is 7.11 Å². The van der Waals surface area contributed by atoms with Crippen molar-refractivity contribution in [2.45, 2.75) is 20.1 Å². The molecule has 1 heterocycles. The fourth-order valence-corrected chi connectivity index (χ4v) is 2.05. The van der Waals surface area contributed by atoms with Crippen molar-refractivity contribution in [3.8, 4) is 11.5 Å². The highest BCUT2D eigenvalue weighted by Gasteiger charge is 2.16.